The Kier molecular flexibility index (Phi) is 8.81. The Hall–Kier alpha value is -5.11. The quantitative estimate of drug-likeness (QED) is 0.143. The summed E-state index contributed by atoms with van der Waals surface area (Å²) in [7, 11) is 1.48. The molecule has 0 bridgehead atoms. The number of hydrogen-bond donors (Lipinski definition) is 1. The van der Waals surface area contributed by atoms with Crippen LogP contribution in [0.3, 0.4) is 0 Å². The molecule has 0 spiro atoms. The van der Waals surface area contributed by atoms with E-state index < -0.39 is 21.4 Å². The average molecular weight is 609 g/mol. The number of halogens is 1. The lowest BCUT2D eigenvalue weighted by atomic mass is 10.1. The highest BCUT2D eigenvalue weighted by molar-refractivity contribution is 9.10. The van der Waals surface area contributed by atoms with Crippen LogP contribution in [0.1, 0.15) is 27.2 Å². The average Bonchev–Trinajstić information content (AvgIpc) is 3.36. The van der Waals surface area contributed by atoms with Crippen molar-refractivity contribution in [1.82, 2.24) is 15.2 Å². The Morgan fingerprint density at radius 2 is 1.88 bits per heavy atom. The van der Waals surface area contributed by atoms with Crippen LogP contribution in [0.25, 0.3) is 0 Å². The van der Waals surface area contributed by atoms with Crippen molar-refractivity contribution in [2.75, 3.05) is 7.11 Å². The molecular formula is C26H21BrN6O7. The van der Waals surface area contributed by atoms with Gasteiger partial charge >= 0.3 is 5.69 Å². The largest absolute Gasteiger partial charge is 0.496 e. The van der Waals surface area contributed by atoms with Gasteiger partial charge in [0.25, 0.3) is 11.6 Å². The van der Waals surface area contributed by atoms with E-state index in [2.05, 4.69) is 31.6 Å². The Morgan fingerprint density at radius 3 is 2.55 bits per heavy atom. The molecule has 204 valence electrons. The van der Waals surface area contributed by atoms with Crippen LogP contribution in [-0.4, -0.2) is 38.9 Å². The highest BCUT2D eigenvalue weighted by Crippen LogP contribution is 2.24. The number of ether oxygens (including phenoxy) is 2. The minimum Gasteiger partial charge on any atom is -0.496 e. The van der Waals surface area contributed by atoms with Gasteiger partial charge in [-0.3, -0.25) is 29.7 Å². The molecule has 0 saturated heterocycles. The number of methoxy groups -OCH3 is 1. The number of benzene rings is 3. The van der Waals surface area contributed by atoms with Crippen LogP contribution < -0.4 is 14.9 Å². The molecule has 1 heterocycles. The summed E-state index contributed by atoms with van der Waals surface area (Å²) in [6.45, 7) is 0.373. The summed E-state index contributed by atoms with van der Waals surface area (Å²) in [6, 6.07) is 18.2. The third kappa shape index (κ3) is 7.05. The number of nitrogens with zero attached hydrogens (tertiary/aromatic N) is 5. The third-order valence-corrected chi connectivity index (χ3v) is 6.01. The van der Waals surface area contributed by atoms with Crippen molar-refractivity contribution >= 4 is 39.4 Å². The molecule has 0 saturated carbocycles. The topological polar surface area (TPSA) is 164 Å². The molecule has 0 radical (unpaired) electrons. The molecule has 3 aromatic carbocycles. The lowest BCUT2D eigenvalue weighted by Crippen LogP contribution is -2.19. The van der Waals surface area contributed by atoms with Gasteiger partial charge in [0.15, 0.2) is 0 Å². The van der Waals surface area contributed by atoms with Crippen molar-refractivity contribution in [1.29, 1.82) is 0 Å². The molecule has 0 aliphatic carbocycles. The number of non-ortho nitro benzene ring substituents is 1. The van der Waals surface area contributed by atoms with Crippen molar-refractivity contribution in [3.8, 4) is 11.5 Å². The normalized spacial score (nSPS) is 10.8. The molecule has 1 N–H and O–H groups in total. The summed E-state index contributed by atoms with van der Waals surface area (Å²) in [5, 5.41) is 30.3. The van der Waals surface area contributed by atoms with Gasteiger partial charge in [0.05, 0.1) is 29.7 Å². The minimum absolute atomic E-state index is 0.0378. The molecule has 0 unspecified atom stereocenters. The molecule has 4 aromatic rings. The zero-order chi connectivity index (χ0) is 28.6. The first-order valence-corrected chi connectivity index (χ1v) is 12.4. The first kappa shape index (κ1) is 27.9. The summed E-state index contributed by atoms with van der Waals surface area (Å²) in [5.74, 6) is 0.101. The van der Waals surface area contributed by atoms with Crippen molar-refractivity contribution < 1.29 is 24.1 Å². The summed E-state index contributed by atoms with van der Waals surface area (Å²) in [4.78, 5) is 33.8. The smallest absolute Gasteiger partial charge is 0.320 e. The van der Waals surface area contributed by atoms with Crippen molar-refractivity contribution in [2.24, 2.45) is 5.10 Å². The van der Waals surface area contributed by atoms with Gasteiger partial charge in [0.1, 0.15) is 24.3 Å². The molecule has 0 aliphatic heterocycles. The van der Waals surface area contributed by atoms with Crippen molar-refractivity contribution in [2.45, 2.75) is 13.2 Å². The summed E-state index contributed by atoms with van der Waals surface area (Å²) in [6.07, 6.45) is 2.55. The predicted octanol–water partition coefficient (Wildman–Crippen LogP) is 4.86. The van der Waals surface area contributed by atoms with Crippen LogP contribution in [0.4, 0.5) is 11.4 Å². The van der Waals surface area contributed by atoms with Gasteiger partial charge in [-0.1, -0.05) is 40.2 Å². The van der Waals surface area contributed by atoms with Gasteiger partial charge in [0, 0.05) is 22.2 Å². The molecule has 13 nitrogen and oxygen atoms in total. The fourth-order valence-electron chi connectivity index (χ4n) is 3.61. The first-order chi connectivity index (χ1) is 19.2. The van der Waals surface area contributed by atoms with Crippen molar-refractivity contribution in [3.05, 3.63) is 120 Å². The minimum atomic E-state index is -0.837. The maximum Gasteiger partial charge on any atom is 0.320 e. The van der Waals surface area contributed by atoms with Crippen LogP contribution in [-0.2, 0) is 13.2 Å². The van der Waals surface area contributed by atoms with E-state index in [1.165, 1.54) is 48.5 Å². The van der Waals surface area contributed by atoms with Crippen LogP contribution >= 0.6 is 15.9 Å². The number of amides is 1. The van der Waals surface area contributed by atoms with E-state index in [-0.39, 0.29) is 24.5 Å². The molecule has 0 fully saturated rings. The molecule has 1 aromatic heterocycles. The van der Waals surface area contributed by atoms with Crippen LogP contribution in [0, 0.1) is 20.2 Å². The molecule has 0 atom stereocenters. The van der Waals surface area contributed by atoms with Gasteiger partial charge in [0.2, 0.25) is 5.69 Å². The zero-order valence-electron chi connectivity index (χ0n) is 20.9. The fourth-order valence-corrected chi connectivity index (χ4v) is 4.06. The van der Waals surface area contributed by atoms with Gasteiger partial charge in [-0.2, -0.15) is 10.2 Å². The lowest BCUT2D eigenvalue weighted by Gasteiger charge is -2.11. The molecule has 14 heteroatoms. The van der Waals surface area contributed by atoms with Gasteiger partial charge in [-0.25, -0.2) is 5.43 Å². The number of aromatic nitrogens is 2. The predicted molar refractivity (Wildman–Crippen MR) is 148 cm³/mol. The maximum atomic E-state index is 12.6. The van der Waals surface area contributed by atoms with Crippen molar-refractivity contribution in [3.63, 3.8) is 0 Å². The van der Waals surface area contributed by atoms with Gasteiger partial charge < -0.3 is 9.47 Å². The standard InChI is InChI=1S/C26H21BrN6O7/c1-39-24-12-17(5-6-19(24)16-40-22-9-7-21(8-10-22)32(35)36)13-28-29-26(34)25-23(33(37)38)15-31(30-25)14-18-3-2-4-20(27)11-18/h2-13,15H,14,16H2,1H3,(H,29,34). The number of nitro benzene ring substituents is 1. The molecule has 1 amide bonds. The monoisotopic (exact) mass is 608 g/mol. The Labute approximate surface area is 235 Å². The number of nitro groups is 2. The number of rotatable bonds is 11. The first-order valence-electron chi connectivity index (χ1n) is 11.6. The Morgan fingerprint density at radius 1 is 1.10 bits per heavy atom. The van der Waals surface area contributed by atoms with Crippen LogP contribution in [0.15, 0.2) is 82.5 Å². The van der Waals surface area contributed by atoms with E-state index in [1.807, 2.05) is 24.3 Å². The van der Waals surface area contributed by atoms with E-state index in [0.717, 1.165) is 10.0 Å². The van der Waals surface area contributed by atoms with E-state index in [9.17, 15) is 25.0 Å². The second kappa shape index (κ2) is 12.6. The maximum absolute atomic E-state index is 12.6. The second-order valence-electron chi connectivity index (χ2n) is 8.26. The molecule has 4 rings (SSSR count). The SMILES string of the molecule is COc1cc(C=NNC(=O)c2nn(Cc3cccc(Br)c3)cc2[N+](=O)[O-])ccc1COc1ccc([N+](=O)[O-])cc1. The van der Waals surface area contributed by atoms with E-state index in [0.29, 0.717) is 22.6 Å². The van der Waals surface area contributed by atoms with Crippen LogP contribution in [0.2, 0.25) is 0 Å². The number of hydrazone groups is 1. The van der Waals surface area contributed by atoms with Gasteiger partial charge in [-0.05, 0) is 41.5 Å². The van der Waals surface area contributed by atoms with Crippen LogP contribution in [0.5, 0.6) is 11.5 Å². The summed E-state index contributed by atoms with van der Waals surface area (Å²) >= 11 is 3.37. The van der Waals surface area contributed by atoms with E-state index in [4.69, 9.17) is 9.47 Å². The highest BCUT2D eigenvalue weighted by Gasteiger charge is 2.25. The lowest BCUT2D eigenvalue weighted by molar-refractivity contribution is -0.385. The molecule has 0 aliphatic rings. The summed E-state index contributed by atoms with van der Waals surface area (Å²) < 4.78 is 13.3. The summed E-state index contributed by atoms with van der Waals surface area (Å²) in [5.41, 5.74) is 3.54. The second-order valence-corrected chi connectivity index (χ2v) is 9.17. The zero-order valence-corrected chi connectivity index (χ0v) is 22.5. The Bertz CT molecular complexity index is 1590. The number of hydrogen-bond acceptors (Lipinski definition) is 9. The number of carbonyl (C=O) groups excluding carboxylic acids is 1. The molecule has 40 heavy (non-hydrogen) atoms. The molecular weight excluding hydrogens is 588 g/mol. The van der Waals surface area contributed by atoms with E-state index >= 15 is 0 Å². The Balaban J connectivity index is 1.40. The van der Waals surface area contributed by atoms with Gasteiger partial charge in [-0.15, -0.1) is 0 Å². The fraction of sp³-hybridized carbons (Fsp3) is 0.115. The highest BCUT2D eigenvalue weighted by atomic mass is 79.9. The number of carbonyl (C=O) groups is 1. The number of nitrogens with one attached hydrogen (secondary N) is 1. The van der Waals surface area contributed by atoms with E-state index in [1.54, 1.807) is 18.2 Å². The third-order valence-electron chi connectivity index (χ3n) is 5.52.